The summed E-state index contributed by atoms with van der Waals surface area (Å²) in [6.07, 6.45) is 0.511. The summed E-state index contributed by atoms with van der Waals surface area (Å²) in [6.45, 7) is 3.80. The lowest BCUT2D eigenvalue weighted by molar-refractivity contribution is 0.586. The van der Waals surface area contributed by atoms with Gasteiger partial charge in [0.25, 0.3) is 10.0 Å². The van der Waals surface area contributed by atoms with Crippen molar-refractivity contribution in [3.63, 3.8) is 0 Å². The van der Waals surface area contributed by atoms with Crippen LogP contribution < -0.4 is 0 Å². The SMILES string of the molecule is CCc1nc2ccc(Cl)cc2n1S(=O)(=O)c1ccc(C)cc1. The van der Waals surface area contributed by atoms with Crippen LogP contribution in [0.4, 0.5) is 0 Å². The second-order valence-corrected chi connectivity index (χ2v) is 7.32. The third-order valence-corrected chi connectivity index (χ3v) is 5.51. The molecule has 3 rings (SSSR count). The first-order valence-electron chi connectivity index (χ1n) is 6.92. The van der Waals surface area contributed by atoms with E-state index in [1.807, 2.05) is 13.8 Å². The molecule has 0 atom stereocenters. The van der Waals surface area contributed by atoms with E-state index in [1.54, 1.807) is 42.5 Å². The lowest BCUT2D eigenvalue weighted by Crippen LogP contribution is -2.15. The fraction of sp³-hybridized carbons (Fsp3) is 0.188. The highest BCUT2D eigenvalue weighted by Crippen LogP contribution is 2.26. The molecule has 2 aromatic carbocycles. The number of benzene rings is 2. The Bertz CT molecular complexity index is 944. The number of hydrogen-bond donors (Lipinski definition) is 0. The summed E-state index contributed by atoms with van der Waals surface area (Å²) in [4.78, 5) is 4.65. The number of rotatable bonds is 3. The topological polar surface area (TPSA) is 52.0 Å². The van der Waals surface area contributed by atoms with Crippen molar-refractivity contribution in [2.75, 3.05) is 0 Å². The maximum Gasteiger partial charge on any atom is 0.269 e. The van der Waals surface area contributed by atoms with Crippen LogP contribution in [0.25, 0.3) is 11.0 Å². The van der Waals surface area contributed by atoms with Crippen molar-refractivity contribution < 1.29 is 8.42 Å². The van der Waals surface area contributed by atoms with Crippen LogP contribution in [0.1, 0.15) is 18.3 Å². The monoisotopic (exact) mass is 334 g/mol. The van der Waals surface area contributed by atoms with Crippen LogP contribution in [-0.2, 0) is 16.4 Å². The van der Waals surface area contributed by atoms with Crippen molar-refractivity contribution in [2.45, 2.75) is 25.2 Å². The quantitative estimate of drug-likeness (QED) is 0.732. The molecule has 0 fully saturated rings. The van der Waals surface area contributed by atoms with E-state index in [9.17, 15) is 8.42 Å². The molecule has 0 spiro atoms. The van der Waals surface area contributed by atoms with Gasteiger partial charge in [0.2, 0.25) is 0 Å². The summed E-state index contributed by atoms with van der Waals surface area (Å²) in [5, 5.41) is 0.482. The van der Waals surface area contributed by atoms with E-state index >= 15 is 0 Å². The zero-order valence-electron chi connectivity index (χ0n) is 12.2. The summed E-state index contributed by atoms with van der Waals surface area (Å²) >= 11 is 6.02. The molecule has 0 aliphatic heterocycles. The van der Waals surface area contributed by atoms with Crippen LogP contribution in [0.15, 0.2) is 47.4 Å². The third kappa shape index (κ3) is 2.40. The molecule has 0 radical (unpaired) electrons. The van der Waals surface area contributed by atoms with Gasteiger partial charge in [-0.15, -0.1) is 0 Å². The lowest BCUT2D eigenvalue weighted by atomic mass is 10.2. The highest BCUT2D eigenvalue weighted by Gasteiger charge is 2.23. The molecule has 0 aliphatic rings. The molecule has 0 aliphatic carbocycles. The Morgan fingerprint density at radius 2 is 1.82 bits per heavy atom. The Balaban J connectivity index is 2.32. The number of halogens is 1. The van der Waals surface area contributed by atoms with Crippen molar-refractivity contribution >= 4 is 32.7 Å². The molecular formula is C16H15ClN2O2S. The van der Waals surface area contributed by atoms with Gasteiger partial charge in [-0.3, -0.25) is 0 Å². The molecular weight excluding hydrogens is 320 g/mol. The van der Waals surface area contributed by atoms with E-state index in [1.165, 1.54) is 3.97 Å². The van der Waals surface area contributed by atoms with E-state index in [4.69, 9.17) is 11.6 Å². The standard InChI is InChI=1S/C16H15ClN2O2S/c1-3-16-18-14-9-6-12(17)10-15(14)19(16)22(20,21)13-7-4-11(2)5-8-13/h4-10H,3H2,1-2H3. The summed E-state index contributed by atoms with van der Waals surface area (Å²) in [7, 11) is -3.70. The van der Waals surface area contributed by atoms with E-state index in [0.717, 1.165) is 5.56 Å². The first-order valence-corrected chi connectivity index (χ1v) is 8.74. The number of imidazole rings is 1. The van der Waals surface area contributed by atoms with E-state index in [2.05, 4.69) is 4.98 Å². The number of aryl methyl sites for hydroxylation is 2. The molecule has 0 unspecified atom stereocenters. The first-order chi connectivity index (χ1) is 10.4. The van der Waals surface area contributed by atoms with Crippen molar-refractivity contribution in [1.82, 2.24) is 8.96 Å². The molecule has 0 bridgehead atoms. The van der Waals surface area contributed by atoms with Gasteiger partial charge >= 0.3 is 0 Å². The fourth-order valence-corrected chi connectivity index (χ4v) is 4.09. The minimum absolute atomic E-state index is 0.243. The Kier molecular flexibility index (Phi) is 3.70. The first kappa shape index (κ1) is 15.1. The fourth-order valence-electron chi connectivity index (χ4n) is 2.38. The molecule has 114 valence electrons. The number of aromatic nitrogens is 2. The molecule has 1 aromatic heterocycles. The molecule has 22 heavy (non-hydrogen) atoms. The molecule has 1 heterocycles. The van der Waals surface area contributed by atoms with Gasteiger partial charge in [0.05, 0.1) is 15.9 Å². The highest BCUT2D eigenvalue weighted by molar-refractivity contribution is 7.90. The van der Waals surface area contributed by atoms with Crippen molar-refractivity contribution in [1.29, 1.82) is 0 Å². The maximum atomic E-state index is 13.0. The zero-order chi connectivity index (χ0) is 15.9. The number of fused-ring (bicyclic) bond motifs is 1. The minimum atomic E-state index is -3.70. The van der Waals surface area contributed by atoms with Gasteiger partial charge in [0, 0.05) is 11.4 Å². The average Bonchev–Trinajstić information content (AvgIpc) is 2.86. The van der Waals surface area contributed by atoms with Crippen LogP contribution >= 0.6 is 11.6 Å². The molecule has 3 aromatic rings. The Morgan fingerprint density at radius 3 is 2.45 bits per heavy atom. The van der Waals surface area contributed by atoms with E-state index in [0.29, 0.717) is 28.3 Å². The molecule has 0 amide bonds. The minimum Gasteiger partial charge on any atom is -0.232 e. The van der Waals surface area contributed by atoms with Gasteiger partial charge in [0.1, 0.15) is 5.82 Å². The zero-order valence-corrected chi connectivity index (χ0v) is 13.8. The van der Waals surface area contributed by atoms with E-state index < -0.39 is 10.0 Å². The van der Waals surface area contributed by atoms with Crippen molar-refractivity contribution in [2.24, 2.45) is 0 Å². The number of nitrogens with zero attached hydrogens (tertiary/aromatic N) is 2. The largest absolute Gasteiger partial charge is 0.269 e. The van der Waals surface area contributed by atoms with Gasteiger partial charge in [-0.2, -0.15) is 0 Å². The Hall–Kier alpha value is -1.85. The summed E-state index contributed by atoms with van der Waals surface area (Å²) in [6, 6.07) is 11.9. The van der Waals surface area contributed by atoms with Crippen LogP contribution in [0.2, 0.25) is 5.02 Å². The molecule has 0 saturated carbocycles. The normalized spacial score (nSPS) is 12.0. The Morgan fingerprint density at radius 1 is 1.14 bits per heavy atom. The van der Waals surface area contributed by atoms with Gasteiger partial charge in [-0.25, -0.2) is 17.4 Å². The van der Waals surface area contributed by atoms with Gasteiger partial charge in [-0.1, -0.05) is 36.2 Å². The van der Waals surface area contributed by atoms with Crippen LogP contribution in [0.3, 0.4) is 0 Å². The molecule has 6 heteroatoms. The van der Waals surface area contributed by atoms with Gasteiger partial charge < -0.3 is 0 Å². The van der Waals surface area contributed by atoms with Gasteiger partial charge in [-0.05, 0) is 37.3 Å². The molecule has 4 nitrogen and oxygen atoms in total. The average molecular weight is 335 g/mol. The van der Waals surface area contributed by atoms with Crippen LogP contribution in [-0.4, -0.2) is 17.4 Å². The van der Waals surface area contributed by atoms with Crippen molar-refractivity contribution in [3.05, 3.63) is 58.9 Å². The lowest BCUT2D eigenvalue weighted by Gasteiger charge is -2.10. The second-order valence-electron chi connectivity index (χ2n) is 5.10. The number of hydrogen-bond acceptors (Lipinski definition) is 3. The molecule has 0 N–H and O–H groups in total. The third-order valence-electron chi connectivity index (χ3n) is 3.52. The molecule has 0 saturated heterocycles. The summed E-state index contributed by atoms with van der Waals surface area (Å²) in [5.74, 6) is 0.498. The highest BCUT2D eigenvalue weighted by atomic mass is 35.5. The van der Waals surface area contributed by atoms with Gasteiger partial charge in [0.15, 0.2) is 0 Å². The maximum absolute atomic E-state index is 13.0. The van der Waals surface area contributed by atoms with Crippen LogP contribution in [0, 0.1) is 6.92 Å². The van der Waals surface area contributed by atoms with Crippen molar-refractivity contribution in [3.8, 4) is 0 Å². The van der Waals surface area contributed by atoms with Crippen LogP contribution in [0.5, 0.6) is 0 Å². The smallest absolute Gasteiger partial charge is 0.232 e. The predicted molar refractivity (Wildman–Crippen MR) is 87.9 cm³/mol. The predicted octanol–water partition coefficient (Wildman–Crippen LogP) is 3.80. The van der Waals surface area contributed by atoms with E-state index in [-0.39, 0.29) is 4.90 Å². The second kappa shape index (κ2) is 5.41. The summed E-state index contributed by atoms with van der Waals surface area (Å²) in [5.41, 5.74) is 2.13. The Labute approximate surface area is 134 Å². The summed E-state index contributed by atoms with van der Waals surface area (Å²) < 4.78 is 27.3.